The molecule has 168 valence electrons. The molecule has 5 nitrogen and oxygen atoms in total. The minimum atomic E-state index is -0.582. The summed E-state index contributed by atoms with van der Waals surface area (Å²) in [5, 5.41) is 11.5. The van der Waals surface area contributed by atoms with Crippen LogP contribution >= 0.6 is 0 Å². The molecule has 0 fully saturated rings. The summed E-state index contributed by atoms with van der Waals surface area (Å²) >= 11 is 0. The van der Waals surface area contributed by atoms with Crippen LogP contribution in [0.4, 0.5) is 4.79 Å². The smallest absolute Gasteiger partial charge is 0.407 e. The SMILES string of the molecule is CCCCCCCCCCCCCCCCCCOC[C@H](CO)OC(=O)NC. The maximum absolute atomic E-state index is 11.1. The van der Waals surface area contributed by atoms with Crippen LogP contribution in [0.15, 0.2) is 0 Å². The molecule has 0 aliphatic rings. The predicted molar refractivity (Wildman–Crippen MR) is 117 cm³/mol. The summed E-state index contributed by atoms with van der Waals surface area (Å²) in [5.41, 5.74) is 0. The lowest BCUT2D eigenvalue weighted by Crippen LogP contribution is -2.31. The number of hydrogen-bond acceptors (Lipinski definition) is 4. The summed E-state index contributed by atoms with van der Waals surface area (Å²) in [5.74, 6) is 0. The molecule has 0 aliphatic carbocycles. The van der Waals surface area contributed by atoms with Crippen LogP contribution in [0.25, 0.3) is 0 Å². The van der Waals surface area contributed by atoms with Gasteiger partial charge in [0.2, 0.25) is 0 Å². The second-order valence-electron chi connectivity index (χ2n) is 7.84. The summed E-state index contributed by atoms with van der Waals surface area (Å²) in [6.07, 6.45) is 20.5. The number of carbonyl (C=O) groups is 1. The number of amides is 1. The highest BCUT2D eigenvalue weighted by Crippen LogP contribution is 2.13. The van der Waals surface area contributed by atoms with Gasteiger partial charge in [-0.05, 0) is 6.42 Å². The Kier molecular flexibility index (Phi) is 21.8. The van der Waals surface area contributed by atoms with Gasteiger partial charge in [-0.3, -0.25) is 0 Å². The minimum absolute atomic E-state index is 0.216. The molecule has 2 N–H and O–H groups in total. The van der Waals surface area contributed by atoms with E-state index in [0.717, 1.165) is 6.42 Å². The molecule has 28 heavy (non-hydrogen) atoms. The van der Waals surface area contributed by atoms with Crippen molar-refractivity contribution in [2.24, 2.45) is 0 Å². The lowest BCUT2D eigenvalue weighted by molar-refractivity contribution is -0.00703. The Morgan fingerprint density at radius 1 is 0.786 bits per heavy atom. The molecule has 1 amide bonds. The third-order valence-corrected chi connectivity index (χ3v) is 5.13. The second kappa shape index (κ2) is 22.5. The highest BCUT2D eigenvalue weighted by molar-refractivity contribution is 5.66. The normalized spacial score (nSPS) is 12.1. The topological polar surface area (TPSA) is 67.8 Å². The van der Waals surface area contributed by atoms with Crippen LogP contribution in [0.5, 0.6) is 0 Å². The standard InChI is InChI=1S/C23H47NO4/c1-3-4-5-6-7-8-9-10-11-12-13-14-15-16-17-18-19-27-21-22(20-25)28-23(26)24-2/h22,25H,3-21H2,1-2H3,(H,24,26)/t22-/m0/s1. The lowest BCUT2D eigenvalue weighted by Gasteiger charge is -2.15. The zero-order valence-corrected chi connectivity index (χ0v) is 18.7. The van der Waals surface area contributed by atoms with Gasteiger partial charge in [-0.25, -0.2) is 4.79 Å². The van der Waals surface area contributed by atoms with Crippen molar-refractivity contribution in [2.75, 3.05) is 26.9 Å². The maximum Gasteiger partial charge on any atom is 0.407 e. The van der Waals surface area contributed by atoms with Gasteiger partial charge in [0, 0.05) is 13.7 Å². The van der Waals surface area contributed by atoms with E-state index in [1.807, 2.05) is 0 Å². The molecule has 0 unspecified atom stereocenters. The van der Waals surface area contributed by atoms with Gasteiger partial charge in [0.05, 0.1) is 13.2 Å². The van der Waals surface area contributed by atoms with E-state index >= 15 is 0 Å². The van der Waals surface area contributed by atoms with Gasteiger partial charge >= 0.3 is 6.09 Å². The van der Waals surface area contributed by atoms with E-state index in [1.165, 1.54) is 103 Å². The monoisotopic (exact) mass is 401 g/mol. The molecule has 0 aliphatic heterocycles. The number of rotatable bonds is 21. The quantitative estimate of drug-likeness (QED) is 0.232. The van der Waals surface area contributed by atoms with Crippen molar-refractivity contribution < 1.29 is 19.4 Å². The zero-order valence-electron chi connectivity index (χ0n) is 18.7. The van der Waals surface area contributed by atoms with Crippen LogP contribution < -0.4 is 5.32 Å². The van der Waals surface area contributed by atoms with Crippen molar-refractivity contribution in [1.82, 2.24) is 5.32 Å². The van der Waals surface area contributed by atoms with E-state index in [0.29, 0.717) is 6.61 Å². The summed E-state index contributed by atoms with van der Waals surface area (Å²) in [4.78, 5) is 11.1. The van der Waals surface area contributed by atoms with E-state index in [1.54, 1.807) is 0 Å². The first kappa shape index (κ1) is 27.2. The molecule has 0 radical (unpaired) electrons. The van der Waals surface area contributed by atoms with E-state index in [-0.39, 0.29) is 13.2 Å². The fraction of sp³-hybridized carbons (Fsp3) is 0.957. The van der Waals surface area contributed by atoms with Crippen molar-refractivity contribution in [3.05, 3.63) is 0 Å². The van der Waals surface area contributed by atoms with Crippen LogP contribution in [-0.4, -0.2) is 44.2 Å². The molecule has 0 rings (SSSR count). The van der Waals surface area contributed by atoms with Gasteiger partial charge in [-0.2, -0.15) is 0 Å². The van der Waals surface area contributed by atoms with Crippen molar-refractivity contribution >= 4 is 6.09 Å². The molecule has 0 spiro atoms. The number of alkyl carbamates (subject to hydrolysis) is 1. The Morgan fingerprint density at radius 3 is 1.61 bits per heavy atom. The Hall–Kier alpha value is -0.810. The number of aliphatic hydroxyl groups is 1. The lowest BCUT2D eigenvalue weighted by atomic mass is 10.0. The van der Waals surface area contributed by atoms with Crippen LogP contribution in [0.2, 0.25) is 0 Å². The molecular weight excluding hydrogens is 354 g/mol. The van der Waals surface area contributed by atoms with Gasteiger partial charge in [-0.15, -0.1) is 0 Å². The first-order chi connectivity index (χ1) is 13.7. The predicted octanol–water partition coefficient (Wildman–Crippen LogP) is 5.98. The third-order valence-electron chi connectivity index (χ3n) is 5.13. The number of aliphatic hydroxyl groups excluding tert-OH is 1. The van der Waals surface area contributed by atoms with E-state index < -0.39 is 12.2 Å². The van der Waals surface area contributed by atoms with Crippen molar-refractivity contribution in [1.29, 1.82) is 0 Å². The molecule has 0 saturated carbocycles. The van der Waals surface area contributed by atoms with Crippen LogP contribution in [0, 0.1) is 0 Å². The largest absolute Gasteiger partial charge is 0.441 e. The fourth-order valence-corrected chi connectivity index (χ4v) is 3.30. The number of hydrogen-bond donors (Lipinski definition) is 2. The average molecular weight is 402 g/mol. The molecule has 0 saturated heterocycles. The van der Waals surface area contributed by atoms with E-state index in [4.69, 9.17) is 14.6 Å². The summed E-state index contributed by atoms with van der Waals surface area (Å²) in [6, 6.07) is 0. The van der Waals surface area contributed by atoms with Gasteiger partial charge in [0.25, 0.3) is 0 Å². The molecule has 0 aromatic heterocycles. The summed E-state index contributed by atoms with van der Waals surface area (Å²) in [7, 11) is 1.49. The molecule has 5 heteroatoms. The molecule has 1 atom stereocenters. The Balaban J connectivity index is 3.18. The highest BCUT2D eigenvalue weighted by atomic mass is 16.6. The first-order valence-corrected chi connectivity index (χ1v) is 11.8. The molecule has 0 heterocycles. The molecule has 0 bridgehead atoms. The van der Waals surface area contributed by atoms with Crippen LogP contribution in [0.3, 0.4) is 0 Å². The molecule has 0 aromatic rings. The Labute approximate surface area is 174 Å². The second-order valence-corrected chi connectivity index (χ2v) is 7.84. The zero-order chi connectivity index (χ0) is 20.7. The number of ether oxygens (including phenoxy) is 2. The number of carbonyl (C=O) groups excluding carboxylic acids is 1. The van der Waals surface area contributed by atoms with Gasteiger partial charge < -0.3 is 19.9 Å². The van der Waals surface area contributed by atoms with E-state index in [9.17, 15) is 4.79 Å². The van der Waals surface area contributed by atoms with Gasteiger partial charge in [0.1, 0.15) is 6.10 Å². The first-order valence-electron chi connectivity index (χ1n) is 11.8. The molecule has 0 aromatic carbocycles. The third kappa shape index (κ3) is 19.9. The van der Waals surface area contributed by atoms with Crippen LogP contribution in [-0.2, 0) is 9.47 Å². The average Bonchev–Trinajstić information content (AvgIpc) is 2.71. The Bertz CT molecular complexity index is 326. The van der Waals surface area contributed by atoms with Crippen molar-refractivity contribution in [3.63, 3.8) is 0 Å². The van der Waals surface area contributed by atoms with Gasteiger partial charge in [-0.1, -0.05) is 103 Å². The maximum atomic E-state index is 11.1. The van der Waals surface area contributed by atoms with Gasteiger partial charge in [0.15, 0.2) is 0 Å². The van der Waals surface area contributed by atoms with Crippen molar-refractivity contribution in [3.8, 4) is 0 Å². The van der Waals surface area contributed by atoms with Crippen LogP contribution in [0.1, 0.15) is 110 Å². The minimum Gasteiger partial charge on any atom is -0.441 e. The summed E-state index contributed by atoms with van der Waals surface area (Å²) in [6.45, 7) is 2.97. The fourth-order valence-electron chi connectivity index (χ4n) is 3.30. The van der Waals surface area contributed by atoms with Crippen molar-refractivity contribution in [2.45, 2.75) is 116 Å². The van der Waals surface area contributed by atoms with E-state index in [2.05, 4.69) is 12.2 Å². The molecular formula is C23H47NO4. The highest BCUT2D eigenvalue weighted by Gasteiger charge is 2.12. The summed E-state index contributed by atoms with van der Waals surface area (Å²) < 4.78 is 10.4. The number of nitrogens with one attached hydrogen (secondary N) is 1. The Morgan fingerprint density at radius 2 is 1.21 bits per heavy atom. The number of unbranched alkanes of at least 4 members (excludes halogenated alkanes) is 15.